The Balaban J connectivity index is 1.50. The lowest BCUT2D eigenvalue weighted by Gasteiger charge is -2.32. The molecule has 0 aliphatic carbocycles. The fourth-order valence-electron chi connectivity index (χ4n) is 3.49. The maximum absolute atomic E-state index is 13.3. The predicted molar refractivity (Wildman–Crippen MR) is 91.6 cm³/mol. The number of carbonyl (C=O) groups is 1. The van der Waals surface area contributed by atoms with Crippen LogP contribution >= 0.6 is 0 Å². The highest BCUT2D eigenvalue weighted by Crippen LogP contribution is 2.26. The number of carbonyl (C=O) groups excluding carboxylic acids is 1. The normalized spacial score (nSPS) is 17.8. The Labute approximate surface area is 145 Å². The van der Waals surface area contributed by atoms with Gasteiger partial charge in [-0.2, -0.15) is 0 Å². The molecule has 3 heterocycles. The first-order valence-corrected chi connectivity index (χ1v) is 8.52. The standard InChI is InChI=1S/C19H19FN4O/c20-16-7-3-5-14(11-16)12-18(25)23-9-4-6-15(13-23)19-22-21-17-8-1-2-10-24(17)19/h1-3,5,7-8,10-11,15H,4,6,9,12-13H2. The first kappa shape index (κ1) is 15.7. The van der Waals surface area contributed by atoms with Gasteiger partial charge < -0.3 is 4.90 Å². The van der Waals surface area contributed by atoms with Crippen LogP contribution in [0.5, 0.6) is 0 Å². The van der Waals surface area contributed by atoms with Crippen LogP contribution in [0.25, 0.3) is 5.65 Å². The van der Waals surface area contributed by atoms with E-state index in [1.165, 1.54) is 12.1 Å². The van der Waals surface area contributed by atoms with Crippen molar-refractivity contribution in [3.8, 4) is 0 Å². The maximum atomic E-state index is 13.3. The molecule has 1 amide bonds. The average Bonchev–Trinajstić information content (AvgIpc) is 3.06. The molecule has 0 radical (unpaired) electrons. The molecule has 5 nitrogen and oxygen atoms in total. The maximum Gasteiger partial charge on any atom is 0.227 e. The van der Waals surface area contributed by atoms with Crippen molar-refractivity contribution in [1.82, 2.24) is 19.5 Å². The molecular formula is C19H19FN4O. The molecule has 1 aliphatic heterocycles. The van der Waals surface area contributed by atoms with Gasteiger partial charge in [0.1, 0.15) is 11.6 Å². The molecule has 1 fully saturated rings. The topological polar surface area (TPSA) is 50.5 Å². The summed E-state index contributed by atoms with van der Waals surface area (Å²) in [6.07, 6.45) is 4.10. The summed E-state index contributed by atoms with van der Waals surface area (Å²) in [5.74, 6) is 0.794. The number of aromatic nitrogens is 3. The number of piperidine rings is 1. The van der Waals surface area contributed by atoms with Crippen molar-refractivity contribution in [3.05, 3.63) is 65.9 Å². The van der Waals surface area contributed by atoms with Crippen LogP contribution in [0.15, 0.2) is 48.7 Å². The van der Waals surface area contributed by atoms with Crippen LogP contribution in [0.2, 0.25) is 0 Å². The van der Waals surface area contributed by atoms with Crippen LogP contribution < -0.4 is 0 Å². The number of pyridine rings is 1. The van der Waals surface area contributed by atoms with Crippen molar-refractivity contribution in [2.24, 2.45) is 0 Å². The Morgan fingerprint density at radius 2 is 2.12 bits per heavy atom. The zero-order valence-electron chi connectivity index (χ0n) is 13.8. The van der Waals surface area contributed by atoms with Crippen molar-refractivity contribution in [3.63, 3.8) is 0 Å². The Hall–Kier alpha value is -2.76. The molecule has 1 aromatic carbocycles. The highest BCUT2D eigenvalue weighted by molar-refractivity contribution is 5.79. The molecule has 1 saturated heterocycles. The molecule has 128 valence electrons. The number of hydrogen-bond donors (Lipinski definition) is 0. The molecule has 2 aromatic heterocycles. The van der Waals surface area contributed by atoms with Crippen LogP contribution in [-0.2, 0) is 11.2 Å². The van der Waals surface area contributed by atoms with Gasteiger partial charge in [0.25, 0.3) is 0 Å². The van der Waals surface area contributed by atoms with E-state index >= 15 is 0 Å². The van der Waals surface area contributed by atoms with E-state index < -0.39 is 0 Å². The summed E-state index contributed by atoms with van der Waals surface area (Å²) in [7, 11) is 0. The summed E-state index contributed by atoms with van der Waals surface area (Å²) >= 11 is 0. The van der Waals surface area contributed by atoms with Crippen molar-refractivity contribution in [2.45, 2.75) is 25.2 Å². The molecule has 3 aromatic rings. The zero-order valence-corrected chi connectivity index (χ0v) is 13.8. The fraction of sp³-hybridized carbons (Fsp3) is 0.316. The summed E-state index contributed by atoms with van der Waals surface area (Å²) < 4.78 is 15.3. The Kier molecular flexibility index (Phi) is 4.17. The molecule has 1 atom stereocenters. The molecule has 0 bridgehead atoms. The lowest BCUT2D eigenvalue weighted by molar-refractivity contribution is -0.131. The van der Waals surface area contributed by atoms with Crippen molar-refractivity contribution in [2.75, 3.05) is 13.1 Å². The quantitative estimate of drug-likeness (QED) is 0.738. The van der Waals surface area contributed by atoms with Crippen molar-refractivity contribution < 1.29 is 9.18 Å². The van der Waals surface area contributed by atoms with Gasteiger partial charge in [-0.15, -0.1) is 10.2 Å². The lowest BCUT2D eigenvalue weighted by atomic mass is 9.96. The molecule has 25 heavy (non-hydrogen) atoms. The van der Waals surface area contributed by atoms with Gasteiger partial charge in [-0.25, -0.2) is 4.39 Å². The van der Waals surface area contributed by atoms with E-state index in [1.54, 1.807) is 12.1 Å². The summed E-state index contributed by atoms with van der Waals surface area (Å²) in [6, 6.07) is 12.0. The van der Waals surface area contributed by atoms with E-state index in [0.29, 0.717) is 12.1 Å². The molecular weight excluding hydrogens is 319 g/mol. The van der Waals surface area contributed by atoms with E-state index in [-0.39, 0.29) is 24.1 Å². The van der Waals surface area contributed by atoms with Crippen molar-refractivity contribution >= 4 is 11.6 Å². The van der Waals surface area contributed by atoms with Gasteiger partial charge in [0.2, 0.25) is 5.91 Å². The number of nitrogens with zero attached hydrogens (tertiary/aromatic N) is 4. The number of amides is 1. The Morgan fingerprint density at radius 3 is 3.00 bits per heavy atom. The second-order valence-corrected chi connectivity index (χ2v) is 6.47. The van der Waals surface area contributed by atoms with Gasteiger partial charge in [0, 0.05) is 25.2 Å². The van der Waals surface area contributed by atoms with Crippen LogP contribution in [0, 0.1) is 5.82 Å². The van der Waals surface area contributed by atoms with Crippen LogP contribution in [0.3, 0.4) is 0 Å². The van der Waals surface area contributed by atoms with E-state index in [0.717, 1.165) is 30.9 Å². The molecule has 0 spiro atoms. The third-order valence-electron chi connectivity index (χ3n) is 4.72. The van der Waals surface area contributed by atoms with Crippen LogP contribution in [-0.4, -0.2) is 38.5 Å². The zero-order chi connectivity index (χ0) is 17.2. The van der Waals surface area contributed by atoms with Crippen molar-refractivity contribution in [1.29, 1.82) is 0 Å². The van der Waals surface area contributed by atoms with Gasteiger partial charge in [-0.05, 0) is 42.7 Å². The minimum Gasteiger partial charge on any atom is -0.342 e. The summed E-state index contributed by atoms with van der Waals surface area (Å²) in [5, 5.41) is 8.54. The average molecular weight is 338 g/mol. The molecule has 0 N–H and O–H groups in total. The van der Waals surface area contributed by atoms with E-state index in [2.05, 4.69) is 10.2 Å². The van der Waals surface area contributed by atoms with E-state index in [4.69, 9.17) is 0 Å². The first-order chi connectivity index (χ1) is 12.2. The molecule has 1 unspecified atom stereocenters. The van der Waals surface area contributed by atoms with Gasteiger partial charge in [0.15, 0.2) is 5.65 Å². The largest absolute Gasteiger partial charge is 0.342 e. The second kappa shape index (κ2) is 6.63. The fourth-order valence-corrected chi connectivity index (χ4v) is 3.49. The van der Waals surface area contributed by atoms with Gasteiger partial charge >= 0.3 is 0 Å². The Morgan fingerprint density at radius 1 is 1.20 bits per heavy atom. The number of benzene rings is 1. The number of likely N-dealkylation sites (tertiary alicyclic amines) is 1. The number of hydrogen-bond acceptors (Lipinski definition) is 3. The van der Waals surface area contributed by atoms with E-state index in [1.807, 2.05) is 33.7 Å². The summed E-state index contributed by atoms with van der Waals surface area (Å²) in [4.78, 5) is 14.5. The molecule has 1 aliphatic rings. The monoisotopic (exact) mass is 338 g/mol. The third-order valence-corrected chi connectivity index (χ3v) is 4.72. The van der Waals surface area contributed by atoms with Gasteiger partial charge in [-0.1, -0.05) is 18.2 Å². The predicted octanol–water partition coefficient (Wildman–Crippen LogP) is 2.82. The molecule has 0 saturated carbocycles. The van der Waals surface area contributed by atoms with Gasteiger partial charge in [-0.3, -0.25) is 9.20 Å². The SMILES string of the molecule is O=C(Cc1cccc(F)c1)N1CCCC(c2nnc3ccccn23)C1. The highest BCUT2D eigenvalue weighted by Gasteiger charge is 2.27. The van der Waals surface area contributed by atoms with E-state index in [9.17, 15) is 9.18 Å². The summed E-state index contributed by atoms with van der Waals surface area (Å²) in [6.45, 7) is 1.37. The lowest BCUT2D eigenvalue weighted by Crippen LogP contribution is -2.40. The number of rotatable bonds is 3. The number of halogens is 1. The van der Waals surface area contributed by atoms with Crippen LogP contribution in [0.1, 0.15) is 30.1 Å². The first-order valence-electron chi connectivity index (χ1n) is 8.52. The highest BCUT2D eigenvalue weighted by atomic mass is 19.1. The summed E-state index contributed by atoms with van der Waals surface area (Å²) in [5.41, 5.74) is 1.53. The smallest absolute Gasteiger partial charge is 0.227 e. The molecule has 4 rings (SSSR count). The second-order valence-electron chi connectivity index (χ2n) is 6.47. The third kappa shape index (κ3) is 3.24. The minimum absolute atomic E-state index is 0.0316. The number of fused-ring (bicyclic) bond motifs is 1. The van der Waals surface area contributed by atoms with Crippen LogP contribution in [0.4, 0.5) is 4.39 Å². The Bertz CT molecular complexity index is 907. The van der Waals surface area contributed by atoms with Gasteiger partial charge in [0.05, 0.1) is 6.42 Å². The molecule has 6 heteroatoms. The minimum atomic E-state index is -0.309.